The first kappa shape index (κ1) is 16.7. The third kappa shape index (κ3) is 5.64. The molecular formula is C16H26BrNO. The van der Waals surface area contributed by atoms with Crippen molar-refractivity contribution in [3.8, 4) is 0 Å². The lowest BCUT2D eigenvalue weighted by molar-refractivity contribution is -0.0379. The second-order valence-electron chi connectivity index (χ2n) is 5.37. The van der Waals surface area contributed by atoms with Crippen LogP contribution in [-0.4, -0.2) is 24.8 Å². The Kier molecular flexibility index (Phi) is 7.05. The van der Waals surface area contributed by atoms with Crippen LogP contribution in [0, 0.1) is 0 Å². The largest absolute Gasteiger partial charge is 0.374 e. The van der Waals surface area contributed by atoms with Gasteiger partial charge in [-0.25, -0.2) is 0 Å². The van der Waals surface area contributed by atoms with Gasteiger partial charge in [0.15, 0.2) is 0 Å². The number of hydrogen-bond donors (Lipinski definition) is 1. The Morgan fingerprint density at radius 2 is 1.84 bits per heavy atom. The van der Waals surface area contributed by atoms with E-state index in [0.29, 0.717) is 6.04 Å². The minimum Gasteiger partial charge on any atom is -0.374 e. The molecule has 0 aliphatic rings. The molecule has 0 heterocycles. The van der Waals surface area contributed by atoms with Gasteiger partial charge in [0.25, 0.3) is 0 Å². The van der Waals surface area contributed by atoms with Crippen LogP contribution in [0.5, 0.6) is 0 Å². The van der Waals surface area contributed by atoms with Crippen LogP contribution < -0.4 is 5.32 Å². The molecule has 0 bridgehead atoms. The minimum absolute atomic E-state index is 0.156. The number of hydrogen-bond acceptors (Lipinski definition) is 2. The summed E-state index contributed by atoms with van der Waals surface area (Å²) in [6.45, 7) is 10.4. The molecule has 0 saturated heterocycles. The van der Waals surface area contributed by atoms with E-state index in [4.69, 9.17) is 4.74 Å². The molecule has 0 aliphatic carbocycles. The van der Waals surface area contributed by atoms with Crippen LogP contribution in [0.2, 0.25) is 0 Å². The van der Waals surface area contributed by atoms with E-state index in [1.165, 1.54) is 5.56 Å². The Morgan fingerprint density at radius 1 is 1.21 bits per heavy atom. The molecule has 1 aromatic rings. The molecule has 108 valence electrons. The van der Waals surface area contributed by atoms with Gasteiger partial charge in [-0.1, -0.05) is 35.0 Å². The maximum absolute atomic E-state index is 5.91. The molecule has 0 amide bonds. The highest BCUT2D eigenvalue weighted by Crippen LogP contribution is 2.20. The van der Waals surface area contributed by atoms with Gasteiger partial charge in [0.05, 0.1) is 5.60 Å². The monoisotopic (exact) mass is 327 g/mol. The molecular weight excluding hydrogens is 302 g/mol. The lowest BCUT2D eigenvalue weighted by Crippen LogP contribution is -2.50. The molecule has 1 unspecified atom stereocenters. The average molecular weight is 328 g/mol. The van der Waals surface area contributed by atoms with Gasteiger partial charge in [-0.2, -0.15) is 0 Å². The van der Waals surface area contributed by atoms with E-state index in [1.807, 2.05) is 0 Å². The highest BCUT2D eigenvalue weighted by atomic mass is 79.9. The van der Waals surface area contributed by atoms with E-state index in [0.717, 1.165) is 30.5 Å². The van der Waals surface area contributed by atoms with Gasteiger partial charge in [0.2, 0.25) is 0 Å². The van der Waals surface area contributed by atoms with Gasteiger partial charge in [0.1, 0.15) is 0 Å². The fourth-order valence-corrected chi connectivity index (χ4v) is 2.48. The van der Waals surface area contributed by atoms with Gasteiger partial charge in [-0.05, 0) is 57.9 Å². The van der Waals surface area contributed by atoms with Gasteiger partial charge < -0.3 is 10.1 Å². The summed E-state index contributed by atoms with van der Waals surface area (Å²) in [7, 11) is 0. The first-order chi connectivity index (χ1) is 8.99. The fraction of sp³-hybridized carbons (Fsp3) is 0.625. The van der Waals surface area contributed by atoms with Gasteiger partial charge >= 0.3 is 0 Å². The highest BCUT2D eigenvalue weighted by molar-refractivity contribution is 9.10. The molecule has 19 heavy (non-hydrogen) atoms. The number of benzene rings is 1. The number of ether oxygens (including phenoxy) is 1. The van der Waals surface area contributed by atoms with Crippen LogP contribution in [0.1, 0.15) is 39.7 Å². The molecule has 0 fully saturated rings. The first-order valence-electron chi connectivity index (χ1n) is 7.11. The minimum atomic E-state index is -0.156. The van der Waals surface area contributed by atoms with E-state index < -0.39 is 0 Å². The molecule has 1 aromatic carbocycles. The van der Waals surface area contributed by atoms with E-state index in [1.54, 1.807) is 0 Å². The van der Waals surface area contributed by atoms with Crippen LogP contribution >= 0.6 is 15.9 Å². The molecule has 3 heteroatoms. The normalized spacial score (nSPS) is 13.5. The van der Waals surface area contributed by atoms with E-state index >= 15 is 0 Å². The van der Waals surface area contributed by atoms with E-state index in [9.17, 15) is 0 Å². The van der Waals surface area contributed by atoms with Crippen molar-refractivity contribution in [2.24, 2.45) is 0 Å². The summed E-state index contributed by atoms with van der Waals surface area (Å²) in [6.07, 6.45) is 2.12. The summed E-state index contributed by atoms with van der Waals surface area (Å²) < 4.78 is 7.04. The SMILES string of the molecule is CCCNC(Cc1ccc(Br)cc1)C(C)(C)OCC. The van der Waals surface area contributed by atoms with Crippen LogP contribution in [0.25, 0.3) is 0 Å². The van der Waals surface area contributed by atoms with Crippen molar-refractivity contribution in [1.82, 2.24) is 5.32 Å². The summed E-state index contributed by atoms with van der Waals surface area (Å²) in [5.41, 5.74) is 1.18. The van der Waals surface area contributed by atoms with E-state index in [2.05, 4.69) is 73.2 Å². The van der Waals surface area contributed by atoms with Gasteiger partial charge in [-0.15, -0.1) is 0 Å². The van der Waals surface area contributed by atoms with Crippen molar-refractivity contribution < 1.29 is 4.74 Å². The molecule has 0 saturated carbocycles. The average Bonchev–Trinajstić information content (AvgIpc) is 2.36. The first-order valence-corrected chi connectivity index (χ1v) is 7.90. The zero-order chi connectivity index (χ0) is 14.3. The molecule has 2 nitrogen and oxygen atoms in total. The van der Waals surface area contributed by atoms with Crippen LogP contribution in [0.4, 0.5) is 0 Å². The lowest BCUT2D eigenvalue weighted by atomic mass is 9.92. The third-order valence-corrected chi connectivity index (χ3v) is 3.88. The molecule has 0 radical (unpaired) electrons. The Hall–Kier alpha value is -0.380. The van der Waals surface area contributed by atoms with Crippen molar-refractivity contribution in [3.05, 3.63) is 34.3 Å². The third-order valence-electron chi connectivity index (χ3n) is 3.35. The standard InChI is InChI=1S/C16H26BrNO/c1-5-11-18-15(16(3,4)19-6-2)12-13-7-9-14(17)10-8-13/h7-10,15,18H,5-6,11-12H2,1-4H3. The number of rotatable bonds is 8. The maximum atomic E-state index is 5.91. The Bertz CT molecular complexity index is 362. The molecule has 1 atom stereocenters. The molecule has 1 N–H and O–H groups in total. The summed E-state index contributed by atoms with van der Waals surface area (Å²) in [6, 6.07) is 8.87. The molecule has 0 aromatic heterocycles. The maximum Gasteiger partial charge on any atom is 0.0781 e. The molecule has 0 spiro atoms. The second kappa shape index (κ2) is 8.03. The zero-order valence-corrected chi connectivity index (χ0v) is 14.1. The lowest BCUT2D eigenvalue weighted by Gasteiger charge is -2.35. The predicted octanol–water partition coefficient (Wildman–Crippen LogP) is 4.17. The van der Waals surface area contributed by atoms with Crippen molar-refractivity contribution in [1.29, 1.82) is 0 Å². The summed E-state index contributed by atoms with van der Waals surface area (Å²) in [5, 5.41) is 3.62. The Morgan fingerprint density at radius 3 is 2.37 bits per heavy atom. The zero-order valence-electron chi connectivity index (χ0n) is 12.5. The van der Waals surface area contributed by atoms with Crippen LogP contribution in [0.15, 0.2) is 28.7 Å². The van der Waals surface area contributed by atoms with Crippen molar-refractivity contribution in [2.75, 3.05) is 13.2 Å². The van der Waals surface area contributed by atoms with Crippen molar-refractivity contribution in [2.45, 2.75) is 52.2 Å². The van der Waals surface area contributed by atoms with Crippen LogP contribution in [-0.2, 0) is 11.2 Å². The smallest absolute Gasteiger partial charge is 0.0781 e. The van der Waals surface area contributed by atoms with Crippen molar-refractivity contribution >= 4 is 15.9 Å². The fourth-order valence-electron chi connectivity index (χ4n) is 2.21. The van der Waals surface area contributed by atoms with Gasteiger partial charge in [0, 0.05) is 17.1 Å². The predicted molar refractivity (Wildman–Crippen MR) is 85.6 cm³/mol. The Balaban J connectivity index is 2.76. The number of halogens is 1. The van der Waals surface area contributed by atoms with Crippen molar-refractivity contribution in [3.63, 3.8) is 0 Å². The number of nitrogens with one attached hydrogen (secondary N) is 1. The highest BCUT2D eigenvalue weighted by Gasteiger charge is 2.29. The molecule has 0 aliphatic heterocycles. The summed E-state index contributed by atoms with van der Waals surface area (Å²) >= 11 is 3.48. The molecule has 1 rings (SSSR count). The second-order valence-corrected chi connectivity index (χ2v) is 6.29. The van der Waals surface area contributed by atoms with Crippen LogP contribution in [0.3, 0.4) is 0 Å². The summed E-state index contributed by atoms with van der Waals surface area (Å²) in [4.78, 5) is 0. The van der Waals surface area contributed by atoms with E-state index in [-0.39, 0.29) is 5.60 Å². The quantitative estimate of drug-likeness (QED) is 0.773. The topological polar surface area (TPSA) is 21.3 Å². The Labute approximate surface area is 126 Å². The van der Waals surface area contributed by atoms with Gasteiger partial charge in [-0.3, -0.25) is 0 Å². The summed E-state index contributed by atoms with van der Waals surface area (Å²) in [5.74, 6) is 0.